The molecule has 0 bridgehead atoms. The van der Waals surface area contributed by atoms with Crippen molar-refractivity contribution in [2.24, 2.45) is 0 Å². The Bertz CT molecular complexity index is 899. The summed E-state index contributed by atoms with van der Waals surface area (Å²) in [7, 11) is 0. The highest BCUT2D eigenvalue weighted by molar-refractivity contribution is 5.97. The minimum absolute atomic E-state index is 0.0799. The fraction of sp³-hybridized carbons (Fsp3) is 0.536. The normalized spacial score (nSPS) is 22.0. The predicted octanol–water partition coefficient (Wildman–Crippen LogP) is 3.00. The van der Waals surface area contributed by atoms with E-state index in [2.05, 4.69) is 12.1 Å². The van der Waals surface area contributed by atoms with Gasteiger partial charge in [-0.05, 0) is 29.2 Å². The maximum absolute atomic E-state index is 13.5. The third-order valence-corrected chi connectivity index (χ3v) is 6.40. The Morgan fingerprint density at radius 3 is 1.69 bits per heavy atom. The van der Waals surface area contributed by atoms with Crippen molar-refractivity contribution in [3.8, 4) is 11.1 Å². The Labute approximate surface area is 212 Å². The van der Waals surface area contributed by atoms with Gasteiger partial charge in [0.25, 0.3) is 0 Å². The molecule has 4 rings (SSSR count). The molecular weight excluding hydrogens is 464 g/mol. The smallest absolute Gasteiger partial charge is 0.320 e. The molecule has 1 aliphatic heterocycles. The van der Waals surface area contributed by atoms with Crippen molar-refractivity contribution in [1.82, 2.24) is 0 Å². The van der Waals surface area contributed by atoms with Crippen molar-refractivity contribution in [2.45, 2.75) is 18.4 Å². The van der Waals surface area contributed by atoms with Gasteiger partial charge in [0.1, 0.15) is 18.1 Å². The van der Waals surface area contributed by atoms with Crippen LogP contribution in [0, 0.1) is 0 Å². The first-order chi connectivity index (χ1) is 17.7. The Morgan fingerprint density at radius 1 is 0.722 bits per heavy atom. The van der Waals surface area contributed by atoms with Crippen LogP contribution >= 0.6 is 0 Å². The zero-order valence-corrected chi connectivity index (χ0v) is 20.9. The molecule has 8 heteroatoms. The highest BCUT2D eigenvalue weighted by Crippen LogP contribution is 2.49. The largest absolute Gasteiger partial charge is 0.462 e. The Balaban J connectivity index is 1.35. The Kier molecular flexibility index (Phi) is 10.3. The van der Waals surface area contributed by atoms with Crippen molar-refractivity contribution < 1.29 is 38.0 Å². The second-order valence-corrected chi connectivity index (χ2v) is 8.83. The number of hydrogen-bond donors (Lipinski definition) is 0. The summed E-state index contributed by atoms with van der Waals surface area (Å²) in [5, 5.41) is 0. The summed E-state index contributed by atoms with van der Waals surface area (Å²) in [5.41, 5.74) is 3.15. The number of rotatable bonds is 3. The highest BCUT2D eigenvalue weighted by Gasteiger charge is 2.46. The van der Waals surface area contributed by atoms with Crippen molar-refractivity contribution in [3.05, 3.63) is 59.7 Å². The van der Waals surface area contributed by atoms with E-state index < -0.39 is 11.5 Å². The van der Waals surface area contributed by atoms with Crippen LogP contribution in [0.1, 0.15) is 18.1 Å². The van der Waals surface area contributed by atoms with Crippen molar-refractivity contribution in [3.63, 3.8) is 0 Å². The molecule has 1 unspecified atom stereocenters. The monoisotopic (exact) mass is 500 g/mol. The summed E-state index contributed by atoms with van der Waals surface area (Å²) >= 11 is 0. The van der Waals surface area contributed by atoms with Gasteiger partial charge in [0.2, 0.25) is 0 Å². The molecule has 2 aromatic rings. The molecule has 1 heterocycles. The van der Waals surface area contributed by atoms with Gasteiger partial charge in [-0.3, -0.25) is 4.79 Å². The molecule has 36 heavy (non-hydrogen) atoms. The van der Waals surface area contributed by atoms with E-state index in [0.717, 1.165) is 22.3 Å². The van der Waals surface area contributed by atoms with Crippen LogP contribution in [0.4, 0.5) is 0 Å². The molecule has 1 fully saturated rings. The van der Waals surface area contributed by atoms with Crippen LogP contribution in [-0.2, 0) is 43.4 Å². The average molecular weight is 501 g/mol. The van der Waals surface area contributed by atoms with Gasteiger partial charge in [-0.2, -0.15) is 0 Å². The molecule has 0 radical (unpaired) electrons. The van der Waals surface area contributed by atoms with E-state index in [0.29, 0.717) is 66.1 Å². The number of ether oxygens (including phenoxy) is 7. The molecule has 0 saturated carbocycles. The number of hydrogen-bond acceptors (Lipinski definition) is 8. The van der Waals surface area contributed by atoms with Gasteiger partial charge in [0.05, 0.1) is 72.7 Å². The summed E-state index contributed by atoms with van der Waals surface area (Å²) < 4.78 is 39.6. The van der Waals surface area contributed by atoms with E-state index in [1.807, 2.05) is 43.3 Å². The van der Waals surface area contributed by atoms with Crippen LogP contribution in [-0.4, -0.2) is 91.4 Å². The van der Waals surface area contributed by atoms with Gasteiger partial charge in [-0.1, -0.05) is 48.5 Å². The van der Waals surface area contributed by atoms with Gasteiger partial charge >= 0.3 is 5.97 Å². The Morgan fingerprint density at radius 2 is 1.17 bits per heavy atom. The molecule has 2 aliphatic rings. The molecule has 1 atom stereocenters. The number of benzene rings is 2. The fourth-order valence-electron chi connectivity index (χ4n) is 4.50. The molecule has 196 valence electrons. The molecular formula is C28H36O8. The van der Waals surface area contributed by atoms with Crippen LogP contribution in [0.25, 0.3) is 11.1 Å². The highest BCUT2D eigenvalue weighted by atomic mass is 16.6. The van der Waals surface area contributed by atoms with E-state index in [9.17, 15) is 4.79 Å². The molecule has 1 saturated heterocycles. The summed E-state index contributed by atoms with van der Waals surface area (Å²) in [6.07, 6.45) is -0.425. The molecule has 0 spiro atoms. The first-order valence-corrected chi connectivity index (χ1v) is 12.6. The first-order valence-electron chi connectivity index (χ1n) is 12.6. The summed E-state index contributed by atoms with van der Waals surface area (Å²) in [4.78, 5) is 13.5. The minimum Gasteiger partial charge on any atom is -0.462 e. The number of carbonyl (C=O) groups excluding carboxylic acids is 1. The summed E-state index contributed by atoms with van der Waals surface area (Å²) in [6.45, 7) is 6.91. The quantitative estimate of drug-likeness (QED) is 0.595. The van der Waals surface area contributed by atoms with E-state index >= 15 is 0 Å². The zero-order valence-electron chi connectivity index (χ0n) is 20.9. The van der Waals surface area contributed by atoms with Gasteiger partial charge in [0.15, 0.2) is 0 Å². The van der Waals surface area contributed by atoms with E-state index in [-0.39, 0.29) is 19.2 Å². The van der Waals surface area contributed by atoms with E-state index in [1.54, 1.807) is 0 Å². The number of carbonyl (C=O) groups is 1. The lowest BCUT2D eigenvalue weighted by molar-refractivity contribution is -0.155. The van der Waals surface area contributed by atoms with Crippen molar-refractivity contribution in [2.75, 3.05) is 79.3 Å². The van der Waals surface area contributed by atoms with Crippen LogP contribution in [0.5, 0.6) is 0 Å². The van der Waals surface area contributed by atoms with Gasteiger partial charge < -0.3 is 33.2 Å². The lowest BCUT2D eigenvalue weighted by Crippen LogP contribution is -2.37. The van der Waals surface area contributed by atoms with E-state index in [1.165, 1.54) is 0 Å². The molecule has 0 amide bonds. The van der Waals surface area contributed by atoms with Crippen molar-refractivity contribution in [1.29, 1.82) is 0 Å². The maximum Gasteiger partial charge on any atom is 0.320 e. The minimum atomic E-state index is -0.886. The van der Waals surface area contributed by atoms with Gasteiger partial charge in [0, 0.05) is 0 Å². The molecule has 1 aliphatic carbocycles. The van der Waals surface area contributed by atoms with Crippen LogP contribution in [0.3, 0.4) is 0 Å². The maximum atomic E-state index is 13.5. The van der Waals surface area contributed by atoms with Crippen LogP contribution in [0.15, 0.2) is 48.5 Å². The van der Waals surface area contributed by atoms with Gasteiger partial charge in [-0.25, -0.2) is 0 Å². The second-order valence-electron chi connectivity index (χ2n) is 8.83. The first kappa shape index (κ1) is 26.7. The molecule has 0 aromatic heterocycles. The summed E-state index contributed by atoms with van der Waals surface area (Å²) in [6, 6.07) is 16.0. The molecule has 0 N–H and O–H groups in total. The number of esters is 1. The lowest BCUT2D eigenvalue weighted by Gasteiger charge is -2.26. The predicted molar refractivity (Wildman–Crippen MR) is 133 cm³/mol. The second kappa shape index (κ2) is 13.8. The third-order valence-electron chi connectivity index (χ3n) is 6.40. The standard InChI is InChI=1S/C28H36O8/c1-28(25-8-4-2-6-23(25)24-7-3-5-9-26(24)28)27(29)36-21-22-20-34-17-16-32-13-12-30-10-11-31-14-15-33-18-19-35-22/h2-9,22H,10-21H2,1H3. The lowest BCUT2D eigenvalue weighted by atomic mass is 9.80. The topological polar surface area (TPSA) is 81.7 Å². The van der Waals surface area contributed by atoms with Gasteiger partial charge in [-0.15, -0.1) is 0 Å². The zero-order chi connectivity index (χ0) is 25.1. The van der Waals surface area contributed by atoms with Crippen LogP contribution < -0.4 is 0 Å². The third kappa shape index (κ3) is 6.70. The van der Waals surface area contributed by atoms with Crippen LogP contribution in [0.2, 0.25) is 0 Å². The SMILES string of the molecule is CC1(C(=O)OCC2COCCOCCOCCOCCOCCO2)c2ccccc2-c2ccccc21. The molecule has 8 nitrogen and oxygen atoms in total. The summed E-state index contributed by atoms with van der Waals surface area (Å²) in [5.74, 6) is -0.306. The number of fused-ring (bicyclic) bond motifs is 3. The van der Waals surface area contributed by atoms with E-state index in [4.69, 9.17) is 33.2 Å². The average Bonchev–Trinajstić information content (AvgIpc) is 3.17. The van der Waals surface area contributed by atoms with Crippen molar-refractivity contribution >= 4 is 5.97 Å². The Hall–Kier alpha value is -2.33. The molecule has 2 aromatic carbocycles. The fourth-order valence-corrected chi connectivity index (χ4v) is 4.50.